The minimum absolute atomic E-state index is 0.0875. The predicted molar refractivity (Wildman–Crippen MR) is 109 cm³/mol. The van der Waals surface area contributed by atoms with Gasteiger partial charge in [0.15, 0.2) is 5.65 Å². The van der Waals surface area contributed by atoms with E-state index in [4.69, 9.17) is 26.2 Å². The number of H-pyrrole nitrogens is 1. The molecular formula is C20H25ClN4O4. The molecule has 3 rings (SSSR count). The van der Waals surface area contributed by atoms with Crippen LogP contribution in [-0.4, -0.2) is 49.7 Å². The molecule has 9 heteroatoms. The van der Waals surface area contributed by atoms with Crippen molar-refractivity contribution in [2.45, 2.75) is 45.8 Å². The number of aromatic nitrogens is 4. The van der Waals surface area contributed by atoms with Crippen LogP contribution in [0.25, 0.3) is 11.0 Å². The van der Waals surface area contributed by atoms with Gasteiger partial charge in [0.05, 0.1) is 12.0 Å². The fraction of sp³-hybridized carbons (Fsp3) is 0.450. The van der Waals surface area contributed by atoms with E-state index in [9.17, 15) is 5.11 Å². The maximum absolute atomic E-state index is 9.36. The van der Waals surface area contributed by atoms with Gasteiger partial charge in [-0.3, -0.25) is 5.10 Å². The van der Waals surface area contributed by atoms with Crippen LogP contribution in [0.5, 0.6) is 11.8 Å². The monoisotopic (exact) mass is 420 g/mol. The summed E-state index contributed by atoms with van der Waals surface area (Å²) in [6.07, 6.45) is 0.600. The molecule has 0 radical (unpaired) electrons. The molecule has 0 saturated heterocycles. The topological polar surface area (TPSA) is 113 Å². The van der Waals surface area contributed by atoms with Gasteiger partial charge in [-0.05, 0) is 30.0 Å². The van der Waals surface area contributed by atoms with E-state index in [0.29, 0.717) is 21.7 Å². The Morgan fingerprint density at radius 2 is 2.00 bits per heavy atom. The molecule has 0 saturated carbocycles. The summed E-state index contributed by atoms with van der Waals surface area (Å²) >= 11 is 6.31. The molecular weight excluding hydrogens is 396 g/mol. The first-order valence-corrected chi connectivity index (χ1v) is 9.62. The molecule has 1 atom stereocenters. The van der Waals surface area contributed by atoms with Crippen molar-refractivity contribution in [1.29, 1.82) is 0 Å². The van der Waals surface area contributed by atoms with Gasteiger partial charge in [-0.2, -0.15) is 10.1 Å². The molecule has 0 amide bonds. The normalized spacial score (nSPS) is 12.9. The van der Waals surface area contributed by atoms with Crippen LogP contribution >= 0.6 is 11.6 Å². The number of hydrogen-bond donors (Lipinski definition) is 3. The van der Waals surface area contributed by atoms with Crippen LogP contribution in [0.4, 0.5) is 0 Å². The Bertz CT molecular complexity index is 1000. The highest BCUT2D eigenvalue weighted by atomic mass is 35.5. The van der Waals surface area contributed by atoms with Gasteiger partial charge in [0.2, 0.25) is 0 Å². The number of halogens is 1. The molecule has 0 aliphatic heterocycles. The van der Waals surface area contributed by atoms with Crippen molar-refractivity contribution in [1.82, 2.24) is 20.2 Å². The Balaban J connectivity index is 1.79. The van der Waals surface area contributed by atoms with Crippen molar-refractivity contribution in [3.63, 3.8) is 0 Å². The van der Waals surface area contributed by atoms with E-state index in [0.717, 1.165) is 16.9 Å². The van der Waals surface area contributed by atoms with E-state index in [1.807, 2.05) is 19.1 Å². The number of aryl methyl sites for hydroxylation is 1. The first-order valence-electron chi connectivity index (χ1n) is 9.24. The third kappa shape index (κ3) is 4.95. The molecule has 0 spiro atoms. The van der Waals surface area contributed by atoms with Gasteiger partial charge >= 0.3 is 6.01 Å². The smallest absolute Gasteiger partial charge is 0.318 e. The second-order valence-electron chi connectivity index (χ2n) is 7.87. The van der Waals surface area contributed by atoms with Crippen LogP contribution in [0.2, 0.25) is 5.02 Å². The summed E-state index contributed by atoms with van der Waals surface area (Å²) in [5.41, 5.74) is 2.98. The summed E-state index contributed by atoms with van der Waals surface area (Å²) in [6, 6.07) is 3.97. The number of aliphatic hydroxyl groups is 2. The highest BCUT2D eigenvalue weighted by molar-refractivity contribution is 6.31. The van der Waals surface area contributed by atoms with E-state index in [2.05, 4.69) is 40.9 Å². The lowest BCUT2D eigenvalue weighted by Crippen LogP contribution is -2.21. The lowest BCUT2D eigenvalue weighted by molar-refractivity contribution is 0.0505. The summed E-state index contributed by atoms with van der Waals surface area (Å²) in [4.78, 5) is 8.35. The third-order valence-electron chi connectivity index (χ3n) is 4.42. The van der Waals surface area contributed by atoms with Gasteiger partial charge in [0.1, 0.15) is 30.8 Å². The molecule has 2 aromatic heterocycles. The summed E-state index contributed by atoms with van der Waals surface area (Å²) in [7, 11) is 0. The van der Waals surface area contributed by atoms with Crippen molar-refractivity contribution in [2.24, 2.45) is 0 Å². The van der Waals surface area contributed by atoms with Gasteiger partial charge in [-0.1, -0.05) is 32.4 Å². The van der Waals surface area contributed by atoms with Crippen LogP contribution in [0, 0.1) is 6.92 Å². The zero-order valence-corrected chi connectivity index (χ0v) is 17.6. The molecule has 3 aromatic rings. The summed E-state index contributed by atoms with van der Waals surface area (Å²) < 4.78 is 11.3. The number of hydrogen-bond acceptors (Lipinski definition) is 7. The van der Waals surface area contributed by atoms with Gasteiger partial charge < -0.3 is 19.7 Å². The highest BCUT2D eigenvalue weighted by Gasteiger charge is 2.21. The molecule has 156 valence electrons. The Kier molecular flexibility index (Phi) is 6.26. The summed E-state index contributed by atoms with van der Waals surface area (Å²) in [6.45, 7) is 7.99. The number of rotatable bonds is 7. The van der Waals surface area contributed by atoms with E-state index < -0.39 is 12.7 Å². The van der Waals surface area contributed by atoms with Gasteiger partial charge in [0, 0.05) is 16.8 Å². The summed E-state index contributed by atoms with van der Waals surface area (Å²) in [5, 5.41) is 26.7. The Morgan fingerprint density at radius 1 is 1.24 bits per heavy atom. The number of nitrogens with zero attached hydrogens (tertiary/aromatic N) is 3. The quantitative estimate of drug-likeness (QED) is 0.538. The van der Waals surface area contributed by atoms with Crippen molar-refractivity contribution in [2.75, 3.05) is 13.2 Å². The van der Waals surface area contributed by atoms with Crippen molar-refractivity contribution in [3.05, 3.63) is 40.2 Å². The van der Waals surface area contributed by atoms with E-state index in [1.165, 1.54) is 0 Å². The fourth-order valence-corrected chi connectivity index (χ4v) is 2.92. The zero-order valence-electron chi connectivity index (χ0n) is 16.9. The lowest BCUT2D eigenvalue weighted by atomic mass is 9.86. The third-order valence-corrected chi connectivity index (χ3v) is 4.83. The highest BCUT2D eigenvalue weighted by Crippen LogP contribution is 2.36. The van der Waals surface area contributed by atoms with Crippen LogP contribution < -0.4 is 9.47 Å². The Morgan fingerprint density at radius 3 is 2.69 bits per heavy atom. The molecule has 1 aromatic carbocycles. The number of aromatic amines is 1. The van der Waals surface area contributed by atoms with Crippen LogP contribution in [-0.2, 0) is 12.0 Å². The maximum atomic E-state index is 9.36. The predicted octanol–water partition coefficient (Wildman–Crippen LogP) is 2.92. The number of benzene rings is 1. The molecule has 0 aliphatic carbocycles. The first kappa shape index (κ1) is 21.3. The number of nitrogens with one attached hydrogen (secondary N) is 1. The minimum atomic E-state index is -0.986. The van der Waals surface area contributed by atoms with E-state index in [1.54, 1.807) is 6.20 Å². The van der Waals surface area contributed by atoms with Gasteiger partial charge in [-0.15, -0.1) is 0 Å². The SMILES string of the molecule is Cc1cc(OCc2n[nH]c3nc(OCC(O)CO)ncc23)c(C(C)(C)C)cc1Cl. The molecule has 0 aliphatic rings. The first-order chi connectivity index (χ1) is 13.7. The molecule has 0 fully saturated rings. The van der Waals surface area contributed by atoms with E-state index in [-0.39, 0.29) is 24.6 Å². The van der Waals surface area contributed by atoms with Crippen LogP contribution in [0.1, 0.15) is 37.6 Å². The number of aliphatic hydroxyl groups excluding tert-OH is 2. The van der Waals surface area contributed by atoms with Crippen LogP contribution in [0.3, 0.4) is 0 Å². The summed E-state index contributed by atoms with van der Waals surface area (Å²) in [5.74, 6) is 0.759. The largest absolute Gasteiger partial charge is 0.487 e. The van der Waals surface area contributed by atoms with Crippen molar-refractivity contribution in [3.8, 4) is 11.8 Å². The Hall–Kier alpha value is -2.42. The lowest BCUT2D eigenvalue weighted by Gasteiger charge is -2.23. The maximum Gasteiger partial charge on any atom is 0.318 e. The zero-order chi connectivity index (χ0) is 21.2. The number of fused-ring (bicyclic) bond motifs is 1. The molecule has 1 unspecified atom stereocenters. The molecule has 8 nitrogen and oxygen atoms in total. The van der Waals surface area contributed by atoms with E-state index >= 15 is 0 Å². The van der Waals surface area contributed by atoms with Crippen LogP contribution in [0.15, 0.2) is 18.3 Å². The van der Waals surface area contributed by atoms with Crippen molar-refractivity contribution < 1.29 is 19.7 Å². The second kappa shape index (κ2) is 8.52. The average Bonchev–Trinajstić information content (AvgIpc) is 3.08. The van der Waals surface area contributed by atoms with Gasteiger partial charge in [-0.25, -0.2) is 4.98 Å². The van der Waals surface area contributed by atoms with Gasteiger partial charge in [0.25, 0.3) is 0 Å². The fourth-order valence-electron chi connectivity index (χ4n) is 2.75. The molecule has 2 heterocycles. The molecule has 0 bridgehead atoms. The molecule has 29 heavy (non-hydrogen) atoms. The van der Waals surface area contributed by atoms with Crippen molar-refractivity contribution >= 4 is 22.6 Å². The average molecular weight is 421 g/mol. The minimum Gasteiger partial charge on any atom is -0.487 e. The second-order valence-corrected chi connectivity index (χ2v) is 8.28. The standard InChI is InChI=1S/C20H25ClN4O4/c1-11-5-17(14(6-15(11)21)20(2,3)4)28-10-16-13-7-22-19(23-18(13)25-24-16)29-9-12(27)8-26/h5-7,12,26-27H,8-10H2,1-4H3,(H,22,23,24,25). The molecule has 3 N–H and O–H groups in total. The Labute approximate surface area is 173 Å². The number of ether oxygens (including phenoxy) is 2.